The molecule has 1 aliphatic carbocycles. The zero-order valence-electron chi connectivity index (χ0n) is 14.9. The highest BCUT2D eigenvalue weighted by molar-refractivity contribution is 9.10. The number of carbonyl (C=O) groups excluding carboxylic acids is 2. The minimum Gasteiger partial charge on any atom is -0.462 e. The molecule has 1 N–H and O–H groups in total. The summed E-state index contributed by atoms with van der Waals surface area (Å²) in [6.07, 6.45) is 7.53. The number of aryl methyl sites for hydroxylation is 1. The van der Waals surface area contributed by atoms with Gasteiger partial charge in [0.05, 0.1) is 35.3 Å². The maximum absolute atomic E-state index is 12.7. The third-order valence-corrected chi connectivity index (χ3v) is 6.01. The van der Waals surface area contributed by atoms with E-state index in [1.807, 2.05) is 13.1 Å². The second-order valence-corrected chi connectivity index (χ2v) is 8.43. The van der Waals surface area contributed by atoms with Gasteiger partial charge in [-0.1, -0.05) is 6.92 Å². The molecule has 1 unspecified atom stereocenters. The molecule has 8 heteroatoms. The van der Waals surface area contributed by atoms with Crippen LogP contribution in [0.1, 0.15) is 47.5 Å². The highest BCUT2D eigenvalue weighted by Gasteiger charge is 2.28. The quantitative estimate of drug-likeness (QED) is 0.689. The zero-order valence-corrected chi connectivity index (χ0v) is 17.3. The SMILES string of the molecule is CCOC(=O)c1c(NC(=O)C(C)Cn2cc(Br)cn2)sc2c1CCCC2. The summed E-state index contributed by atoms with van der Waals surface area (Å²) in [6.45, 7) is 4.43. The van der Waals surface area contributed by atoms with E-state index in [2.05, 4.69) is 26.3 Å². The average Bonchev–Trinajstić information content (AvgIpc) is 3.17. The van der Waals surface area contributed by atoms with E-state index in [1.54, 1.807) is 17.8 Å². The van der Waals surface area contributed by atoms with E-state index in [0.717, 1.165) is 35.7 Å². The predicted molar refractivity (Wildman–Crippen MR) is 105 cm³/mol. The van der Waals surface area contributed by atoms with Gasteiger partial charge >= 0.3 is 5.97 Å². The molecule has 2 aromatic heterocycles. The molecule has 2 heterocycles. The normalized spacial score (nSPS) is 14.6. The molecule has 26 heavy (non-hydrogen) atoms. The van der Waals surface area contributed by atoms with Gasteiger partial charge < -0.3 is 10.1 Å². The van der Waals surface area contributed by atoms with E-state index in [4.69, 9.17) is 4.74 Å². The number of nitrogens with one attached hydrogen (secondary N) is 1. The fourth-order valence-corrected chi connectivity index (χ4v) is 4.72. The van der Waals surface area contributed by atoms with Crippen molar-refractivity contribution in [3.8, 4) is 0 Å². The number of carbonyl (C=O) groups is 2. The van der Waals surface area contributed by atoms with Gasteiger partial charge in [0.2, 0.25) is 5.91 Å². The van der Waals surface area contributed by atoms with Crippen LogP contribution in [0.4, 0.5) is 5.00 Å². The highest BCUT2D eigenvalue weighted by atomic mass is 79.9. The first kappa shape index (κ1) is 19.1. The lowest BCUT2D eigenvalue weighted by molar-refractivity contribution is -0.119. The summed E-state index contributed by atoms with van der Waals surface area (Å²) >= 11 is 4.86. The molecular weight excluding hydrogens is 418 g/mol. The van der Waals surface area contributed by atoms with Gasteiger partial charge in [0.25, 0.3) is 0 Å². The molecule has 0 saturated heterocycles. The minimum absolute atomic E-state index is 0.124. The first-order valence-electron chi connectivity index (χ1n) is 8.80. The van der Waals surface area contributed by atoms with Crippen molar-refractivity contribution in [2.24, 2.45) is 5.92 Å². The Balaban J connectivity index is 1.78. The van der Waals surface area contributed by atoms with Gasteiger partial charge in [-0.2, -0.15) is 5.10 Å². The number of halogens is 1. The van der Waals surface area contributed by atoms with Crippen molar-refractivity contribution in [1.82, 2.24) is 9.78 Å². The molecule has 1 aliphatic rings. The zero-order chi connectivity index (χ0) is 18.7. The van der Waals surface area contributed by atoms with E-state index in [-0.39, 0.29) is 17.8 Å². The Labute approximate surface area is 165 Å². The third-order valence-electron chi connectivity index (χ3n) is 4.40. The number of amides is 1. The number of ether oxygens (including phenoxy) is 1. The number of esters is 1. The summed E-state index contributed by atoms with van der Waals surface area (Å²) in [5.74, 6) is -0.748. The summed E-state index contributed by atoms with van der Waals surface area (Å²) in [5, 5.41) is 7.77. The van der Waals surface area contributed by atoms with Gasteiger partial charge in [0, 0.05) is 11.1 Å². The first-order chi connectivity index (χ1) is 12.5. The van der Waals surface area contributed by atoms with Crippen LogP contribution in [0, 0.1) is 5.92 Å². The number of anilines is 1. The van der Waals surface area contributed by atoms with E-state index in [9.17, 15) is 9.59 Å². The van der Waals surface area contributed by atoms with Crippen LogP contribution in [0.25, 0.3) is 0 Å². The van der Waals surface area contributed by atoms with Crippen LogP contribution >= 0.6 is 27.3 Å². The number of fused-ring (bicyclic) bond motifs is 1. The molecular formula is C18H22BrN3O3S. The second kappa shape index (κ2) is 8.35. The third kappa shape index (κ3) is 4.17. The fraction of sp³-hybridized carbons (Fsp3) is 0.500. The number of nitrogens with zero attached hydrogens (tertiary/aromatic N) is 2. The number of hydrogen-bond donors (Lipinski definition) is 1. The van der Waals surface area contributed by atoms with Crippen molar-refractivity contribution in [3.63, 3.8) is 0 Å². The monoisotopic (exact) mass is 439 g/mol. The Kier molecular flexibility index (Phi) is 6.13. The lowest BCUT2D eigenvalue weighted by Crippen LogP contribution is -2.25. The number of hydrogen-bond acceptors (Lipinski definition) is 5. The van der Waals surface area contributed by atoms with Crippen molar-refractivity contribution in [2.45, 2.75) is 46.1 Å². The molecule has 0 radical (unpaired) electrons. The molecule has 0 fully saturated rings. The topological polar surface area (TPSA) is 73.2 Å². The van der Waals surface area contributed by atoms with Gasteiger partial charge in [0.1, 0.15) is 5.00 Å². The first-order valence-corrected chi connectivity index (χ1v) is 10.4. The van der Waals surface area contributed by atoms with Gasteiger partial charge in [-0.3, -0.25) is 9.48 Å². The molecule has 1 amide bonds. The number of rotatable bonds is 6. The van der Waals surface area contributed by atoms with E-state index >= 15 is 0 Å². The summed E-state index contributed by atoms with van der Waals surface area (Å²) in [5.41, 5.74) is 1.60. The van der Waals surface area contributed by atoms with Gasteiger partial charge in [-0.05, 0) is 54.1 Å². The van der Waals surface area contributed by atoms with Crippen molar-refractivity contribution in [1.29, 1.82) is 0 Å². The Bertz CT molecular complexity index is 815. The molecule has 2 aromatic rings. The van der Waals surface area contributed by atoms with Crippen molar-refractivity contribution >= 4 is 44.1 Å². The number of thiophene rings is 1. The summed E-state index contributed by atoms with van der Waals surface area (Å²) in [7, 11) is 0. The molecule has 3 rings (SSSR count). The van der Waals surface area contributed by atoms with Crippen LogP contribution in [0.2, 0.25) is 0 Å². The molecule has 0 aliphatic heterocycles. The average molecular weight is 440 g/mol. The molecule has 0 aromatic carbocycles. The lowest BCUT2D eigenvalue weighted by atomic mass is 9.95. The molecule has 1 atom stereocenters. The van der Waals surface area contributed by atoms with E-state index < -0.39 is 0 Å². The van der Waals surface area contributed by atoms with Crippen LogP contribution < -0.4 is 5.32 Å². The van der Waals surface area contributed by atoms with Crippen molar-refractivity contribution in [3.05, 3.63) is 32.9 Å². The van der Waals surface area contributed by atoms with Crippen molar-refractivity contribution in [2.75, 3.05) is 11.9 Å². The summed E-state index contributed by atoms with van der Waals surface area (Å²) in [6, 6.07) is 0. The Hall–Kier alpha value is -1.67. The molecule has 0 saturated carbocycles. The second-order valence-electron chi connectivity index (χ2n) is 6.41. The van der Waals surface area contributed by atoms with Crippen LogP contribution in [-0.2, 0) is 28.9 Å². The maximum atomic E-state index is 12.7. The fourth-order valence-electron chi connectivity index (χ4n) is 3.11. The molecule has 0 bridgehead atoms. The van der Waals surface area contributed by atoms with Crippen LogP contribution in [0.5, 0.6) is 0 Å². The smallest absolute Gasteiger partial charge is 0.341 e. The molecule has 0 spiro atoms. The van der Waals surface area contributed by atoms with E-state index in [1.165, 1.54) is 16.2 Å². The Morgan fingerprint density at radius 2 is 2.19 bits per heavy atom. The molecule has 6 nitrogen and oxygen atoms in total. The summed E-state index contributed by atoms with van der Waals surface area (Å²) in [4.78, 5) is 26.3. The van der Waals surface area contributed by atoms with Crippen LogP contribution in [-0.4, -0.2) is 28.3 Å². The predicted octanol–water partition coefficient (Wildman–Crippen LogP) is 4.04. The molecule has 140 valence electrons. The Morgan fingerprint density at radius 1 is 1.42 bits per heavy atom. The standard InChI is InChI=1S/C18H22BrN3O3S/c1-3-25-18(24)15-13-6-4-5-7-14(13)26-17(15)21-16(23)11(2)9-22-10-12(19)8-20-22/h8,10-11H,3-7,9H2,1-2H3,(H,21,23). The van der Waals surface area contributed by atoms with Gasteiger partial charge in [-0.25, -0.2) is 4.79 Å². The van der Waals surface area contributed by atoms with Crippen LogP contribution in [0.15, 0.2) is 16.9 Å². The minimum atomic E-state index is -0.342. The van der Waals surface area contributed by atoms with Gasteiger partial charge in [-0.15, -0.1) is 11.3 Å². The number of aromatic nitrogens is 2. The van der Waals surface area contributed by atoms with Crippen molar-refractivity contribution < 1.29 is 14.3 Å². The van der Waals surface area contributed by atoms with Crippen LogP contribution in [0.3, 0.4) is 0 Å². The highest BCUT2D eigenvalue weighted by Crippen LogP contribution is 2.38. The largest absolute Gasteiger partial charge is 0.462 e. The summed E-state index contributed by atoms with van der Waals surface area (Å²) < 4.78 is 7.83. The lowest BCUT2D eigenvalue weighted by Gasteiger charge is -2.13. The Morgan fingerprint density at radius 3 is 2.88 bits per heavy atom. The van der Waals surface area contributed by atoms with Gasteiger partial charge in [0.15, 0.2) is 0 Å². The maximum Gasteiger partial charge on any atom is 0.341 e. The van der Waals surface area contributed by atoms with E-state index in [0.29, 0.717) is 23.7 Å².